The van der Waals surface area contributed by atoms with Crippen LogP contribution in [-0.2, 0) is 9.59 Å². The van der Waals surface area contributed by atoms with Crippen molar-refractivity contribution in [3.05, 3.63) is 30.1 Å². The van der Waals surface area contributed by atoms with Gasteiger partial charge in [0.25, 0.3) is 5.91 Å². The number of amides is 1. The molecular formula is C15H18FNO4. The number of nitrogens with one attached hydrogen (secondary N) is 1. The van der Waals surface area contributed by atoms with Crippen LogP contribution in [0.4, 0.5) is 4.39 Å². The maximum atomic E-state index is 13.3. The molecule has 0 spiro atoms. The van der Waals surface area contributed by atoms with Crippen molar-refractivity contribution < 1.29 is 23.8 Å². The molecule has 2 unspecified atom stereocenters. The van der Waals surface area contributed by atoms with E-state index in [1.54, 1.807) is 13.0 Å². The first kappa shape index (κ1) is 15.3. The molecule has 0 bridgehead atoms. The zero-order chi connectivity index (χ0) is 15.5. The van der Waals surface area contributed by atoms with Crippen LogP contribution in [0.25, 0.3) is 0 Å². The lowest BCUT2D eigenvalue weighted by molar-refractivity contribution is -0.149. The second kappa shape index (κ2) is 6.11. The van der Waals surface area contributed by atoms with Crippen LogP contribution in [0.2, 0.25) is 0 Å². The summed E-state index contributed by atoms with van der Waals surface area (Å²) < 4.78 is 18.4. The lowest BCUT2D eigenvalue weighted by atomic mass is 9.85. The summed E-state index contributed by atoms with van der Waals surface area (Å²) in [4.78, 5) is 23.1. The predicted molar refractivity (Wildman–Crippen MR) is 73.4 cm³/mol. The molecule has 1 aromatic rings. The number of carboxylic acid groups (broad SMARTS) is 1. The van der Waals surface area contributed by atoms with Gasteiger partial charge >= 0.3 is 5.97 Å². The maximum Gasteiger partial charge on any atom is 0.311 e. The van der Waals surface area contributed by atoms with Crippen molar-refractivity contribution in [1.29, 1.82) is 0 Å². The molecule has 1 aromatic carbocycles. The maximum absolute atomic E-state index is 13.3. The third-order valence-electron chi connectivity index (χ3n) is 3.98. The summed E-state index contributed by atoms with van der Waals surface area (Å²) in [5.74, 6) is -1.90. The molecule has 1 saturated carbocycles. The average Bonchev–Trinajstić information content (AvgIpc) is 2.81. The molecule has 0 aromatic heterocycles. The van der Waals surface area contributed by atoms with E-state index < -0.39 is 29.2 Å². The van der Waals surface area contributed by atoms with E-state index in [1.807, 2.05) is 0 Å². The lowest BCUT2D eigenvalue weighted by Crippen LogP contribution is -2.48. The minimum Gasteiger partial charge on any atom is -0.481 e. The Balaban J connectivity index is 1.90. The number of carboxylic acids is 1. The summed E-state index contributed by atoms with van der Waals surface area (Å²) in [6.45, 7) is 1.29. The minimum absolute atomic E-state index is 0.0000632. The molecule has 0 saturated heterocycles. The van der Waals surface area contributed by atoms with E-state index in [2.05, 4.69) is 5.32 Å². The molecule has 1 fully saturated rings. The van der Waals surface area contributed by atoms with Crippen molar-refractivity contribution >= 4 is 11.9 Å². The normalized spacial score (nSPS) is 24.6. The molecule has 2 rings (SSSR count). The highest BCUT2D eigenvalue weighted by molar-refractivity contribution is 5.81. The van der Waals surface area contributed by atoms with Gasteiger partial charge in [-0.3, -0.25) is 9.59 Å². The number of hydrogen-bond donors (Lipinski definition) is 2. The van der Waals surface area contributed by atoms with Gasteiger partial charge in [0.05, 0.1) is 5.41 Å². The first-order valence-electron chi connectivity index (χ1n) is 6.83. The molecule has 1 aliphatic carbocycles. The van der Waals surface area contributed by atoms with Gasteiger partial charge in [-0.2, -0.15) is 0 Å². The molecule has 1 amide bonds. The number of rotatable bonds is 5. The highest BCUT2D eigenvalue weighted by atomic mass is 19.1. The molecule has 2 N–H and O–H groups in total. The second-order valence-corrected chi connectivity index (χ2v) is 5.45. The topological polar surface area (TPSA) is 75.6 Å². The van der Waals surface area contributed by atoms with Crippen LogP contribution in [-0.4, -0.2) is 29.6 Å². The summed E-state index contributed by atoms with van der Waals surface area (Å²) in [6.07, 6.45) is 1.90. The van der Waals surface area contributed by atoms with Crippen LogP contribution in [0, 0.1) is 11.2 Å². The van der Waals surface area contributed by atoms with E-state index in [0.717, 1.165) is 6.42 Å². The van der Waals surface area contributed by atoms with Gasteiger partial charge in [0, 0.05) is 6.04 Å². The third kappa shape index (κ3) is 3.32. The van der Waals surface area contributed by atoms with E-state index >= 15 is 0 Å². The molecule has 1 aliphatic rings. The Morgan fingerprint density at radius 1 is 1.48 bits per heavy atom. The molecule has 0 heterocycles. The van der Waals surface area contributed by atoms with Crippen LogP contribution < -0.4 is 10.1 Å². The standard InChI is InChI=1S/C15H18FNO4/c1-15(14(19)20)8-4-7-12(15)17-13(18)9-21-11-6-3-2-5-10(11)16/h2-3,5-6,12H,4,7-9H2,1H3,(H,17,18)(H,19,20). The second-order valence-electron chi connectivity index (χ2n) is 5.45. The Kier molecular flexibility index (Phi) is 4.45. The zero-order valence-corrected chi connectivity index (χ0v) is 11.8. The fraction of sp³-hybridized carbons (Fsp3) is 0.467. The first-order valence-corrected chi connectivity index (χ1v) is 6.83. The van der Waals surface area contributed by atoms with Crippen molar-refractivity contribution in [1.82, 2.24) is 5.32 Å². The van der Waals surface area contributed by atoms with E-state index in [0.29, 0.717) is 12.8 Å². The number of halogens is 1. The number of para-hydroxylation sites is 1. The number of ether oxygens (including phenoxy) is 1. The summed E-state index contributed by atoms with van der Waals surface area (Å²) in [7, 11) is 0. The number of benzene rings is 1. The number of aliphatic carboxylic acids is 1. The Hall–Kier alpha value is -2.11. The molecule has 5 nitrogen and oxygen atoms in total. The Morgan fingerprint density at radius 3 is 2.86 bits per heavy atom. The van der Waals surface area contributed by atoms with E-state index in [4.69, 9.17) is 4.74 Å². The summed E-state index contributed by atoms with van der Waals surface area (Å²) in [5.41, 5.74) is -0.951. The van der Waals surface area contributed by atoms with Crippen molar-refractivity contribution in [2.24, 2.45) is 5.41 Å². The van der Waals surface area contributed by atoms with Crippen LogP contribution in [0.15, 0.2) is 24.3 Å². The SMILES string of the molecule is CC1(C(=O)O)CCCC1NC(=O)COc1ccccc1F. The van der Waals surface area contributed by atoms with Crippen molar-refractivity contribution in [2.75, 3.05) is 6.61 Å². The fourth-order valence-electron chi connectivity index (χ4n) is 2.59. The average molecular weight is 295 g/mol. The smallest absolute Gasteiger partial charge is 0.311 e. The van der Waals surface area contributed by atoms with Gasteiger partial charge in [0.1, 0.15) is 0 Å². The number of carbonyl (C=O) groups is 2. The van der Waals surface area contributed by atoms with Crippen molar-refractivity contribution in [3.63, 3.8) is 0 Å². The van der Waals surface area contributed by atoms with Gasteiger partial charge in [-0.15, -0.1) is 0 Å². The molecule has 2 atom stereocenters. The van der Waals surface area contributed by atoms with Crippen molar-refractivity contribution in [3.8, 4) is 5.75 Å². The zero-order valence-electron chi connectivity index (χ0n) is 11.8. The lowest BCUT2D eigenvalue weighted by Gasteiger charge is -2.27. The summed E-state index contributed by atoms with van der Waals surface area (Å²) >= 11 is 0. The monoisotopic (exact) mass is 295 g/mol. The van der Waals surface area contributed by atoms with Crippen LogP contribution in [0.3, 0.4) is 0 Å². The highest BCUT2D eigenvalue weighted by Crippen LogP contribution is 2.38. The largest absolute Gasteiger partial charge is 0.481 e. The molecule has 21 heavy (non-hydrogen) atoms. The molecule has 0 aliphatic heterocycles. The highest BCUT2D eigenvalue weighted by Gasteiger charge is 2.45. The van der Waals surface area contributed by atoms with Crippen LogP contribution in [0.1, 0.15) is 26.2 Å². The molecule has 6 heteroatoms. The van der Waals surface area contributed by atoms with Gasteiger partial charge in [-0.05, 0) is 31.9 Å². The summed E-state index contributed by atoms with van der Waals surface area (Å²) in [5, 5.41) is 11.9. The fourth-order valence-corrected chi connectivity index (χ4v) is 2.59. The van der Waals surface area contributed by atoms with Gasteiger partial charge < -0.3 is 15.2 Å². The molecule has 114 valence electrons. The predicted octanol–water partition coefficient (Wildman–Crippen LogP) is 1.96. The van der Waals surface area contributed by atoms with Crippen LogP contribution >= 0.6 is 0 Å². The van der Waals surface area contributed by atoms with Crippen LogP contribution in [0.5, 0.6) is 5.75 Å². The Bertz CT molecular complexity index is 548. The molecular weight excluding hydrogens is 277 g/mol. The van der Waals surface area contributed by atoms with Gasteiger partial charge in [-0.25, -0.2) is 4.39 Å². The number of carbonyl (C=O) groups excluding carboxylic acids is 1. The summed E-state index contributed by atoms with van der Waals surface area (Å²) in [6, 6.07) is 5.38. The van der Waals surface area contributed by atoms with Crippen molar-refractivity contribution in [2.45, 2.75) is 32.2 Å². The Labute approximate surface area is 122 Å². The Morgan fingerprint density at radius 2 is 2.19 bits per heavy atom. The quantitative estimate of drug-likeness (QED) is 0.870. The first-order chi connectivity index (χ1) is 9.93. The minimum atomic E-state index is -0.951. The van der Waals surface area contributed by atoms with E-state index in [9.17, 15) is 19.1 Å². The molecule has 0 radical (unpaired) electrons. The van der Waals surface area contributed by atoms with Gasteiger partial charge in [0.15, 0.2) is 18.2 Å². The van der Waals surface area contributed by atoms with Gasteiger partial charge in [0.2, 0.25) is 0 Å². The van der Waals surface area contributed by atoms with E-state index in [-0.39, 0.29) is 12.4 Å². The third-order valence-corrected chi connectivity index (χ3v) is 3.98. The van der Waals surface area contributed by atoms with Gasteiger partial charge in [-0.1, -0.05) is 18.6 Å². The number of hydrogen-bond acceptors (Lipinski definition) is 3. The van der Waals surface area contributed by atoms with E-state index in [1.165, 1.54) is 18.2 Å².